The van der Waals surface area contributed by atoms with Crippen LogP contribution in [0.5, 0.6) is 0 Å². The minimum atomic E-state index is -3.14. The second kappa shape index (κ2) is 7.65. The van der Waals surface area contributed by atoms with E-state index in [4.69, 9.17) is 0 Å². The van der Waals surface area contributed by atoms with Crippen molar-refractivity contribution < 1.29 is 18.1 Å². The quantitative estimate of drug-likeness (QED) is 0.570. The molecule has 0 saturated carbocycles. The van der Waals surface area contributed by atoms with Crippen LogP contribution in [-0.2, 0) is 15.6 Å². The van der Waals surface area contributed by atoms with Gasteiger partial charge in [0.05, 0.1) is 16.7 Å². The van der Waals surface area contributed by atoms with Crippen LogP contribution in [0.15, 0.2) is 48.5 Å². The zero-order valence-electron chi connectivity index (χ0n) is 14.7. The topological polar surface area (TPSA) is 97.6 Å². The van der Waals surface area contributed by atoms with Crippen LogP contribution in [0, 0.1) is 10.1 Å². The summed E-state index contributed by atoms with van der Waals surface area (Å²) in [6.45, 7) is 1.79. The van der Waals surface area contributed by atoms with E-state index in [2.05, 4.69) is 0 Å². The molecule has 26 heavy (non-hydrogen) atoms. The fourth-order valence-corrected chi connectivity index (χ4v) is 3.35. The predicted molar refractivity (Wildman–Crippen MR) is 98.6 cm³/mol. The molecule has 0 unspecified atom stereocenters. The first-order valence-electron chi connectivity index (χ1n) is 7.86. The Kier molecular flexibility index (Phi) is 5.76. The Labute approximate surface area is 152 Å². The number of nitrogens with zero attached hydrogens (tertiary/aromatic N) is 2. The molecule has 8 heteroatoms. The normalized spacial score (nSPS) is 12.4. The molecule has 0 aliphatic carbocycles. The lowest BCUT2D eigenvalue weighted by molar-refractivity contribution is -0.384. The first-order chi connectivity index (χ1) is 12.1. The van der Waals surface area contributed by atoms with E-state index in [1.807, 2.05) is 0 Å². The Hall–Kier alpha value is -2.74. The van der Waals surface area contributed by atoms with Crippen LogP contribution in [0.25, 0.3) is 0 Å². The van der Waals surface area contributed by atoms with E-state index < -0.39 is 14.8 Å². The molecule has 2 aromatic rings. The van der Waals surface area contributed by atoms with Crippen LogP contribution in [0.4, 0.5) is 5.69 Å². The van der Waals surface area contributed by atoms with Crippen LogP contribution in [0.1, 0.15) is 34.5 Å². The molecule has 0 fully saturated rings. The number of benzene rings is 2. The maximum Gasteiger partial charge on any atom is 0.269 e. The molecule has 1 amide bonds. The van der Waals surface area contributed by atoms with Crippen molar-refractivity contribution >= 4 is 21.4 Å². The summed E-state index contributed by atoms with van der Waals surface area (Å²) in [6.07, 6.45) is 1.15. The van der Waals surface area contributed by atoms with E-state index >= 15 is 0 Å². The van der Waals surface area contributed by atoms with Gasteiger partial charge in [-0.3, -0.25) is 14.9 Å². The molecule has 0 heterocycles. The van der Waals surface area contributed by atoms with Gasteiger partial charge in [0.15, 0.2) is 9.84 Å². The van der Waals surface area contributed by atoms with Gasteiger partial charge in [-0.1, -0.05) is 24.3 Å². The fourth-order valence-electron chi connectivity index (χ4n) is 2.55. The summed E-state index contributed by atoms with van der Waals surface area (Å²) in [5, 5.41) is 10.9. The summed E-state index contributed by atoms with van der Waals surface area (Å²) in [7, 11) is -1.52. The Morgan fingerprint density at radius 1 is 1.19 bits per heavy atom. The zero-order chi connectivity index (χ0) is 19.5. The number of carbonyl (C=O) groups excluding carboxylic acids is 1. The third kappa shape index (κ3) is 4.89. The molecule has 0 aliphatic heterocycles. The third-order valence-corrected chi connectivity index (χ3v) is 4.95. The van der Waals surface area contributed by atoms with E-state index in [1.165, 1.54) is 17.0 Å². The molecule has 0 bridgehead atoms. The minimum absolute atomic E-state index is 0.0275. The average Bonchev–Trinajstić information content (AvgIpc) is 2.59. The summed E-state index contributed by atoms with van der Waals surface area (Å²) in [5.74, 6) is -0.337. The molecule has 0 aliphatic rings. The molecule has 138 valence electrons. The zero-order valence-corrected chi connectivity index (χ0v) is 15.6. The number of amides is 1. The standard InChI is InChI=1S/C18H20N2O5S/c1-13(16-5-4-6-17(11-16)20(22)23)19(2)18(21)15-9-7-14(8-10-15)12-26(3,24)25/h4-11,13H,12H2,1-3H3/t13-/m0/s1. The summed E-state index contributed by atoms with van der Waals surface area (Å²) in [5.41, 5.74) is 1.66. The van der Waals surface area contributed by atoms with Crippen molar-refractivity contribution in [1.82, 2.24) is 4.90 Å². The number of hydrogen-bond acceptors (Lipinski definition) is 5. The van der Waals surface area contributed by atoms with Gasteiger partial charge >= 0.3 is 0 Å². The monoisotopic (exact) mass is 376 g/mol. The number of sulfone groups is 1. The molecule has 2 rings (SSSR count). The van der Waals surface area contributed by atoms with Gasteiger partial charge in [0.1, 0.15) is 0 Å². The second-order valence-electron chi connectivity index (χ2n) is 6.21. The lowest BCUT2D eigenvalue weighted by Crippen LogP contribution is -2.29. The third-order valence-electron chi connectivity index (χ3n) is 4.09. The lowest BCUT2D eigenvalue weighted by atomic mass is 10.0. The van der Waals surface area contributed by atoms with Crippen LogP contribution in [0.2, 0.25) is 0 Å². The van der Waals surface area contributed by atoms with Crippen LogP contribution in [0.3, 0.4) is 0 Å². The molecule has 1 atom stereocenters. The van der Waals surface area contributed by atoms with Crippen molar-refractivity contribution in [2.24, 2.45) is 0 Å². The lowest BCUT2D eigenvalue weighted by Gasteiger charge is -2.25. The second-order valence-corrected chi connectivity index (χ2v) is 8.35. The van der Waals surface area contributed by atoms with E-state index in [-0.39, 0.29) is 23.4 Å². The van der Waals surface area contributed by atoms with Crippen molar-refractivity contribution in [3.05, 3.63) is 75.3 Å². The molecule has 0 aromatic heterocycles. The SMILES string of the molecule is C[C@@H](c1cccc([N+](=O)[O-])c1)N(C)C(=O)c1ccc(CS(C)(=O)=O)cc1. The number of carbonyl (C=O) groups is 1. The molecule has 0 radical (unpaired) electrons. The molecule has 2 aromatic carbocycles. The van der Waals surface area contributed by atoms with E-state index in [0.717, 1.165) is 6.26 Å². The first-order valence-corrected chi connectivity index (χ1v) is 9.92. The van der Waals surface area contributed by atoms with Gasteiger partial charge < -0.3 is 4.90 Å². The predicted octanol–water partition coefficient (Wildman–Crippen LogP) is 2.97. The molecule has 7 nitrogen and oxygen atoms in total. The largest absolute Gasteiger partial charge is 0.335 e. The van der Waals surface area contributed by atoms with E-state index in [1.54, 1.807) is 50.4 Å². The molecule has 0 saturated heterocycles. The number of non-ortho nitro benzene ring substituents is 1. The Bertz CT molecular complexity index is 923. The number of nitro groups is 1. The van der Waals surface area contributed by atoms with Gasteiger partial charge in [-0.05, 0) is 30.2 Å². The van der Waals surface area contributed by atoms with Crippen molar-refractivity contribution in [2.45, 2.75) is 18.7 Å². The Morgan fingerprint density at radius 3 is 2.35 bits per heavy atom. The number of rotatable bonds is 6. The highest BCUT2D eigenvalue weighted by Gasteiger charge is 2.20. The van der Waals surface area contributed by atoms with Gasteiger partial charge in [-0.25, -0.2) is 8.42 Å². The molecular formula is C18H20N2O5S. The summed E-state index contributed by atoms with van der Waals surface area (Å²) < 4.78 is 22.7. The average molecular weight is 376 g/mol. The Balaban J connectivity index is 2.18. The number of nitro benzene ring substituents is 1. The maximum atomic E-state index is 12.6. The molecule has 0 spiro atoms. The molecule has 0 N–H and O–H groups in total. The molecular weight excluding hydrogens is 356 g/mol. The fraction of sp³-hybridized carbons (Fsp3) is 0.278. The number of hydrogen-bond donors (Lipinski definition) is 0. The van der Waals surface area contributed by atoms with Crippen LogP contribution >= 0.6 is 0 Å². The summed E-state index contributed by atoms with van der Waals surface area (Å²) in [4.78, 5) is 24.6. The van der Waals surface area contributed by atoms with Crippen LogP contribution in [-0.4, -0.2) is 37.5 Å². The first kappa shape index (κ1) is 19.6. The van der Waals surface area contributed by atoms with Crippen molar-refractivity contribution in [3.8, 4) is 0 Å². The minimum Gasteiger partial charge on any atom is -0.335 e. The smallest absolute Gasteiger partial charge is 0.269 e. The highest BCUT2D eigenvalue weighted by atomic mass is 32.2. The Morgan fingerprint density at radius 2 is 1.81 bits per heavy atom. The maximum absolute atomic E-state index is 12.6. The van der Waals surface area contributed by atoms with Crippen molar-refractivity contribution in [1.29, 1.82) is 0 Å². The van der Waals surface area contributed by atoms with Gasteiger partial charge in [0.25, 0.3) is 11.6 Å². The van der Waals surface area contributed by atoms with Crippen molar-refractivity contribution in [2.75, 3.05) is 13.3 Å². The van der Waals surface area contributed by atoms with E-state index in [0.29, 0.717) is 16.7 Å². The van der Waals surface area contributed by atoms with E-state index in [9.17, 15) is 23.3 Å². The van der Waals surface area contributed by atoms with Gasteiger partial charge in [0, 0.05) is 31.0 Å². The summed E-state index contributed by atoms with van der Waals surface area (Å²) >= 11 is 0. The van der Waals surface area contributed by atoms with Gasteiger partial charge in [0.2, 0.25) is 0 Å². The summed E-state index contributed by atoms with van der Waals surface area (Å²) in [6, 6.07) is 12.2. The highest BCUT2D eigenvalue weighted by molar-refractivity contribution is 7.89. The van der Waals surface area contributed by atoms with Gasteiger partial charge in [-0.15, -0.1) is 0 Å². The van der Waals surface area contributed by atoms with Crippen molar-refractivity contribution in [3.63, 3.8) is 0 Å². The van der Waals surface area contributed by atoms with Crippen LogP contribution < -0.4 is 0 Å². The highest BCUT2D eigenvalue weighted by Crippen LogP contribution is 2.24. The van der Waals surface area contributed by atoms with Gasteiger partial charge in [-0.2, -0.15) is 0 Å².